The van der Waals surface area contributed by atoms with Crippen LogP contribution in [0.3, 0.4) is 0 Å². The Morgan fingerprint density at radius 1 is 1.48 bits per heavy atom. The molecule has 0 saturated heterocycles. The number of thioether (sulfide) groups is 2. The minimum absolute atomic E-state index is 0.443. The topological polar surface area (TPSA) is 71.6 Å². The Hall–Kier alpha value is -1.12. The zero-order chi connectivity index (χ0) is 15.7. The molecule has 0 saturated carbocycles. The fourth-order valence-corrected chi connectivity index (χ4v) is 2.77. The van der Waals surface area contributed by atoms with E-state index in [4.69, 9.17) is 4.42 Å². The number of rotatable bonds is 10. The molecule has 0 bridgehead atoms. The molecule has 0 aromatic carbocycles. The van der Waals surface area contributed by atoms with Gasteiger partial charge in [-0.05, 0) is 32.5 Å². The molecule has 1 heterocycles. The first-order valence-corrected chi connectivity index (χ1v) is 8.82. The maximum absolute atomic E-state index is 10.4. The highest BCUT2D eigenvalue weighted by molar-refractivity contribution is 8.02. The Labute approximate surface area is 133 Å². The summed E-state index contributed by atoms with van der Waals surface area (Å²) in [5, 5.41) is 14.0. The summed E-state index contributed by atoms with van der Waals surface area (Å²) < 4.78 is 5.71. The molecule has 1 N–H and O–H groups in total. The van der Waals surface area contributed by atoms with Crippen LogP contribution in [0.2, 0.25) is 0 Å². The predicted octanol–water partition coefficient (Wildman–Crippen LogP) is 2.60. The zero-order valence-electron chi connectivity index (χ0n) is 12.5. The largest absolute Gasteiger partial charge is 0.464 e. The van der Waals surface area contributed by atoms with Gasteiger partial charge in [-0.3, -0.25) is 10.1 Å². The van der Waals surface area contributed by atoms with Crippen LogP contribution in [-0.4, -0.2) is 42.5 Å². The molecule has 0 aliphatic carbocycles. The van der Waals surface area contributed by atoms with Gasteiger partial charge in [-0.25, -0.2) is 0 Å². The molecule has 0 spiro atoms. The van der Waals surface area contributed by atoms with E-state index < -0.39 is 4.92 Å². The van der Waals surface area contributed by atoms with Crippen LogP contribution in [0.4, 0.5) is 0 Å². The molecule has 1 aromatic heterocycles. The predicted molar refractivity (Wildman–Crippen MR) is 88.9 cm³/mol. The van der Waals surface area contributed by atoms with Gasteiger partial charge in [0.15, 0.2) is 0 Å². The Morgan fingerprint density at radius 3 is 2.81 bits per heavy atom. The van der Waals surface area contributed by atoms with E-state index in [9.17, 15) is 10.1 Å². The lowest BCUT2D eigenvalue weighted by molar-refractivity contribution is -0.403. The van der Waals surface area contributed by atoms with E-state index in [0.29, 0.717) is 11.6 Å². The van der Waals surface area contributed by atoms with Crippen molar-refractivity contribution in [3.63, 3.8) is 0 Å². The first-order chi connectivity index (χ1) is 10.0. The second kappa shape index (κ2) is 9.75. The summed E-state index contributed by atoms with van der Waals surface area (Å²) in [6, 6.07) is 4.00. The van der Waals surface area contributed by atoms with Crippen molar-refractivity contribution in [1.82, 2.24) is 10.2 Å². The summed E-state index contributed by atoms with van der Waals surface area (Å²) in [5.74, 6) is 3.59. The van der Waals surface area contributed by atoms with E-state index in [1.807, 2.05) is 32.5 Å². The fourth-order valence-electron chi connectivity index (χ4n) is 1.58. The van der Waals surface area contributed by atoms with E-state index in [-0.39, 0.29) is 0 Å². The van der Waals surface area contributed by atoms with Crippen LogP contribution in [0.15, 0.2) is 27.8 Å². The first-order valence-electron chi connectivity index (χ1n) is 6.44. The number of nitro groups is 1. The van der Waals surface area contributed by atoms with Crippen molar-refractivity contribution in [3.8, 4) is 0 Å². The first kappa shape index (κ1) is 17.9. The number of hydrogen-bond donors (Lipinski definition) is 1. The molecular weight excluding hydrogens is 310 g/mol. The lowest BCUT2D eigenvalue weighted by Gasteiger charge is -2.06. The van der Waals surface area contributed by atoms with Crippen LogP contribution in [0.5, 0.6) is 0 Å². The van der Waals surface area contributed by atoms with Crippen LogP contribution in [0.1, 0.15) is 11.5 Å². The molecule has 21 heavy (non-hydrogen) atoms. The fraction of sp³-hybridized carbons (Fsp3) is 0.538. The third kappa shape index (κ3) is 8.03. The maximum atomic E-state index is 10.4. The highest BCUT2D eigenvalue weighted by Crippen LogP contribution is 2.16. The van der Waals surface area contributed by atoms with Gasteiger partial charge in [0.2, 0.25) is 0 Å². The Morgan fingerprint density at radius 2 is 2.19 bits per heavy atom. The Balaban J connectivity index is 2.22. The molecule has 0 radical (unpaired) electrons. The summed E-state index contributed by atoms with van der Waals surface area (Å²) in [5.41, 5.74) is 0. The molecule has 0 fully saturated rings. The van der Waals surface area contributed by atoms with Crippen LogP contribution in [-0.2, 0) is 12.3 Å². The third-order valence-corrected chi connectivity index (χ3v) is 4.09. The lowest BCUT2D eigenvalue weighted by Crippen LogP contribution is -2.15. The number of nitrogens with zero attached hydrogens (tertiary/aromatic N) is 2. The number of furan rings is 1. The van der Waals surface area contributed by atoms with E-state index in [0.717, 1.165) is 35.8 Å². The van der Waals surface area contributed by atoms with Gasteiger partial charge in [0.1, 0.15) is 16.5 Å². The second-order valence-corrected chi connectivity index (χ2v) is 6.52. The normalized spacial score (nSPS) is 11.9. The standard InChI is InChI=1S/C13H21N3O3S2/c1-15(2)8-11-4-5-12(19-11)10-21-7-6-14-13(20-3)9-16(17)18/h4-5,9,14H,6-8,10H2,1-3H3. The van der Waals surface area contributed by atoms with Gasteiger partial charge in [-0.1, -0.05) is 0 Å². The maximum Gasteiger partial charge on any atom is 0.263 e. The quantitative estimate of drug-likeness (QED) is 0.401. The minimum Gasteiger partial charge on any atom is -0.464 e. The van der Waals surface area contributed by atoms with Crippen molar-refractivity contribution < 1.29 is 9.34 Å². The molecule has 0 amide bonds. The van der Waals surface area contributed by atoms with Crippen molar-refractivity contribution in [2.45, 2.75) is 12.3 Å². The van der Waals surface area contributed by atoms with Crippen LogP contribution in [0.25, 0.3) is 0 Å². The Kier molecular flexibility index (Phi) is 8.33. The molecule has 0 atom stereocenters. The molecule has 6 nitrogen and oxygen atoms in total. The van der Waals surface area contributed by atoms with Crippen LogP contribution in [0, 0.1) is 10.1 Å². The average Bonchev–Trinajstić information content (AvgIpc) is 2.83. The molecule has 0 unspecified atom stereocenters. The second-order valence-electron chi connectivity index (χ2n) is 4.57. The van der Waals surface area contributed by atoms with Gasteiger partial charge >= 0.3 is 0 Å². The van der Waals surface area contributed by atoms with Gasteiger partial charge in [0, 0.05) is 12.3 Å². The van der Waals surface area contributed by atoms with Gasteiger partial charge in [0.05, 0.1) is 17.2 Å². The number of hydrogen-bond acceptors (Lipinski definition) is 7. The smallest absolute Gasteiger partial charge is 0.263 e. The van der Waals surface area contributed by atoms with Crippen molar-refractivity contribution in [1.29, 1.82) is 0 Å². The molecule has 1 rings (SSSR count). The molecule has 118 valence electrons. The van der Waals surface area contributed by atoms with Gasteiger partial charge < -0.3 is 14.6 Å². The van der Waals surface area contributed by atoms with E-state index in [1.165, 1.54) is 11.8 Å². The van der Waals surface area contributed by atoms with Crippen molar-refractivity contribution in [2.75, 3.05) is 32.6 Å². The summed E-state index contributed by atoms with van der Waals surface area (Å²) in [6.45, 7) is 1.49. The van der Waals surface area contributed by atoms with Crippen molar-refractivity contribution >= 4 is 23.5 Å². The highest BCUT2D eigenvalue weighted by Gasteiger charge is 2.04. The highest BCUT2D eigenvalue weighted by atomic mass is 32.2. The van der Waals surface area contributed by atoms with Gasteiger partial charge in [-0.2, -0.15) is 11.8 Å². The molecule has 0 aliphatic rings. The van der Waals surface area contributed by atoms with Crippen LogP contribution >= 0.6 is 23.5 Å². The molecule has 8 heteroatoms. The number of nitrogens with one attached hydrogen (secondary N) is 1. The summed E-state index contributed by atoms with van der Waals surface area (Å²) in [6.07, 6.45) is 2.81. The Bertz CT molecular complexity index is 475. The average molecular weight is 331 g/mol. The van der Waals surface area contributed by atoms with Gasteiger partial charge in [-0.15, -0.1) is 11.8 Å². The van der Waals surface area contributed by atoms with Crippen LogP contribution < -0.4 is 5.32 Å². The summed E-state index contributed by atoms with van der Waals surface area (Å²) >= 11 is 3.07. The lowest BCUT2D eigenvalue weighted by atomic mass is 10.4. The summed E-state index contributed by atoms with van der Waals surface area (Å²) in [7, 11) is 4.01. The minimum atomic E-state index is -0.443. The molecule has 0 aliphatic heterocycles. The summed E-state index contributed by atoms with van der Waals surface area (Å²) in [4.78, 5) is 12.0. The molecular formula is C13H21N3O3S2. The zero-order valence-corrected chi connectivity index (χ0v) is 14.1. The van der Waals surface area contributed by atoms with E-state index in [1.54, 1.807) is 11.8 Å². The third-order valence-electron chi connectivity index (χ3n) is 2.42. The van der Waals surface area contributed by atoms with Gasteiger partial charge in [0.25, 0.3) is 6.20 Å². The van der Waals surface area contributed by atoms with Crippen molar-refractivity contribution in [2.24, 2.45) is 0 Å². The monoisotopic (exact) mass is 331 g/mol. The van der Waals surface area contributed by atoms with E-state index >= 15 is 0 Å². The van der Waals surface area contributed by atoms with E-state index in [2.05, 4.69) is 10.2 Å². The SMILES string of the molecule is CSC(=C[N+](=O)[O-])NCCSCc1ccc(CN(C)C)o1. The van der Waals surface area contributed by atoms with Crippen molar-refractivity contribution in [3.05, 3.63) is 45.0 Å². The molecule has 1 aromatic rings.